The first-order valence-electron chi connectivity index (χ1n) is 9.70. The van der Waals surface area contributed by atoms with Crippen LogP contribution in [-0.4, -0.2) is 33.7 Å². The first-order chi connectivity index (χ1) is 13.0. The van der Waals surface area contributed by atoms with Gasteiger partial charge in [0.25, 0.3) is 5.91 Å². The van der Waals surface area contributed by atoms with Crippen LogP contribution in [0.1, 0.15) is 48.3 Å². The van der Waals surface area contributed by atoms with Crippen molar-refractivity contribution in [2.75, 3.05) is 13.1 Å². The number of carbonyl (C=O) groups excluding carboxylic acids is 1. The molecular formula is C21H24ClN3O2. The van der Waals surface area contributed by atoms with Crippen LogP contribution in [0.2, 0.25) is 5.02 Å². The van der Waals surface area contributed by atoms with Crippen molar-refractivity contribution in [3.63, 3.8) is 0 Å². The van der Waals surface area contributed by atoms with E-state index in [-0.39, 0.29) is 17.0 Å². The van der Waals surface area contributed by atoms with Crippen molar-refractivity contribution in [2.24, 2.45) is 11.8 Å². The van der Waals surface area contributed by atoms with Crippen LogP contribution in [0.5, 0.6) is 0 Å². The minimum atomic E-state index is -0.327. The van der Waals surface area contributed by atoms with E-state index in [0.29, 0.717) is 28.9 Å². The third-order valence-corrected chi connectivity index (χ3v) is 6.29. The van der Waals surface area contributed by atoms with E-state index >= 15 is 0 Å². The van der Waals surface area contributed by atoms with E-state index in [4.69, 9.17) is 11.6 Å². The highest BCUT2D eigenvalue weighted by molar-refractivity contribution is 6.32. The topological polar surface area (TPSA) is 55.2 Å². The summed E-state index contributed by atoms with van der Waals surface area (Å²) in [6.07, 6.45) is 6.03. The lowest BCUT2D eigenvalue weighted by molar-refractivity contribution is 0.0512. The molecule has 2 atom stereocenters. The second kappa shape index (κ2) is 7.47. The summed E-state index contributed by atoms with van der Waals surface area (Å²) in [6, 6.07) is 8.76. The molecule has 2 aliphatic rings. The zero-order valence-corrected chi connectivity index (χ0v) is 16.3. The number of piperidine rings is 1. The molecule has 2 fully saturated rings. The predicted octanol–water partition coefficient (Wildman–Crippen LogP) is 3.85. The smallest absolute Gasteiger partial charge is 0.278 e. The van der Waals surface area contributed by atoms with Crippen molar-refractivity contribution in [3.8, 4) is 5.69 Å². The number of likely N-dealkylation sites (tertiary alicyclic amines) is 1. The molecule has 4 rings (SSSR count). The highest BCUT2D eigenvalue weighted by Gasteiger charge is 2.34. The fourth-order valence-corrected chi connectivity index (χ4v) is 4.71. The van der Waals surface area contributed by atoms with Gasteiger partial charge in [0.1, 0.15) is 0 Å². The van der Waals surface area contributed by atoms with Crippen LogP contribution in [0.15, 0.2) is 35.1 Å². The zero-order valence-electron chi connectivity index (χ0n) is 15.5. The van der Waals surface area contributed by atoms with Gasteiger partial charge in [-0.15, -0.1) is 0 Å². The maximum Gasteiger partial charge on any atom is 0.278 e. The summed E-state index contributed by atoms with van der Waals surface area (Å²) in [5.41, 5.74) is 0.966. The zero-order chi connectivity index (χ0) is 19.0. The summed E-state index contributed by atoms with van der Waals surface area (Å²) in [4.78, 5) is 27.4. The van der Waals surface area contributed by atoms with E-state index in [9.17, 15) is 9.59 Å². The number of rotatable bonds is 2. The van der Waals surface area contributed by atoms with E-state index in [1.165, 1.54) is 31.7 Å². The second-order valence-electron chi connectivity index (χ2n) is 7.71. The molecule has 0 spiro atoms. The third-order valence-electron chi connectivity index (χ3n) is 5.97. The number of carbonyl (C=O) groups is 1. The van der Waals surface area contributed by atoms with Gasteiger partial charge in [-0.3, -0.25) is 9.59 Å². The number of halogens is 1. The Labute approximate surface area is 163 Å². The van der Waals surface area contributed by atoms with Gasteiger partial charge in [-0.25, -0.2) is 4.68 Å². The largest absolute Gasteiger partial charge is 0.337 e. The molecule has 0 bridgehead atoms. The standard InChI is InChI=1S/C21H24ClN3O2/c1-14-12-19(26)20(23-25(14)18-9-5-4-8-17(18)22)21(27)24-11-10-15-6-2-3-7-16(15)13-24/h4-5,8-9,12,15-16H,2-3,6-7,10-11,13H2,1H3/t15-,16-/m0/s1. The molecule has 1 aromatic heterocycles. The lowest BCUT2D eigenvalue weighted by atomic mass is 9.75. The quantitative estimate of drug-likeness (QED) is 0.789. The average Bonchev–Trinajstić information content (AvgIpc) is 2.68. The Hall–Kier alpha value is -2.14. The monoisotopic (exact) mass is 385 g/mol. The van der Waals surface area contributed by atoms with Gasteiger partial charge in [-0.2, -0.15) is 5.10 Å². The first-order valence-corrected chi connectivity index (χ1v) is 10.1. The Balaban J connectivity index is 1.65. The molecule has 2 aromatic rings. The van der Waals surface area contributed by atoms with Crippen LogP contribution in [0, 0.1) is 18.8 Å². The fraction of sp³-hybridized carbons (Fsp3) is 0.476. The Morgan fingerprint density at radius 2 is 1.89 bits per heavy atom. The predicted molar refractivity (Wildman–Crippen MR) is 106 cm³/mol. The summed E-state index contributed by atoms with van der Waals surface area (Å²) in [7, 11) is 0. The Morgan fingerprint density at radius 3 is 2.67 bits per heavy atom. The van der Waals surface area contributed by atoms with E-state index in [1.807, 2.05) is 23.1 Å². The number of hydrogen-bond donors (Lipinski definition) is 0. The molecule has 0 N–H and O–H groups in total. The van der Waals surface area contributed by atoms with Crippen molar-refractivity contribution in [1.82, 2.24) is 14.7 Å². The Bertz CT molecular complexity index is 924. The summed E-state index contributed by atoms with van der Waals surface area (Å²) in [5, 5.41) is 4.94. The molecule has 6 heteroatoms. The molecule has 0 unspecified atom stereocenters. The van der Waals surface area contributed by atoms with Crippen molar-refractivity contribution in [1.29, 1.82) is 0 Å². The number of fused-ring (bicyclic) bond motifs is 1. The van der Waals surface area contributed by atoms with Crippen molar-refractivity contribution in [3.05, 3.63) is 57.0 Å². The molecule has 1 aromatic carbocycles. The number of aromatic nitrogens is 2. The highest BCUT2D eigenvalue weighted by atomic mass is 35.5. The van der Waals surface area contributed by atoms with Crippen molar-refractivity contribution >= 4 is 17.5 Å². The van der Waals surface area contributed by atoms with Gasteiger partial charge >= 0.3 is 0 Å². The number of hydrogen-bond acceptors (Lipinski definition) is 3. The minimum Gasteiger partial charge on any atom is -0.337 e. The van der Waals surface area contributed by atoms with Gasteiger partial charge in [-0.1, -0.05) is 43.0 Å². The maximum atomic E-state index is 13.1. The number of benzene rings is 1. The van der Waals surface area contributed by atoms with E-state index in [2.05, 4.69) is 5.10 Å². The van der Waals surface area contributed by atoms with Crippen LogP contribution in [0.4, 0.5) is 0 Å². The summed E-state index contributed by atoms with van der Waals surface area (Å²) in [5.74, 6) is 1.03. The first kappa shape index (κ1) is 18.2. The van der Waals surface area contributed by atoms with Crippen LogP contribution < -0.4 is 5.43 Å². The van der Waals surface area contributed by atoms with Gasteiger partial charge in [0, 0.05) is 24.8 Å². The van der Waals surface area contributed by atoms with E-state index in [0.717, 1.165) is 18.9 Å². The maximum absolute atomic E-state index is 13.1. The lowest BCUT2D eigenvalue weighted by Crippen LogP contribution is -2.46. The molecule has 1 saturated heterocycles. The number of amides is 1. The van der Waals surface area contributed by atoms with Gasteiger partial charge in [0.05, 0.1) is 10.7 Å². The summed E-state index contributed by atoms with van der Waals surface area (Å²) >= 11 is 6.29. The third kappa shape index (κ3) is 3.53. The lowest BCUT2D eigenvalue weighted by Gasteiger charge is -2.41. The van der Waals surface area contributed by atoms with Crippen molar-refractivity contribution in [2.45, 2.75) is 39.0 Å². The molecule has 2 heterocycles. The molecule has 142 valence electrons. The second-order valence-corrected chi connectivity index (χ2v) is 8.11. The molecule has 1 amide bonds. The molecule has 1 saturated carbocycles. The Kier molecular flexibility index (Phi) is 5.04. The van der Waals surface area contributed by atoms with Crippen LogP contribution in [-0.2, 0) is 0 Å². The van der Waals surface area contributed by atoms with Crippen LogP contribution >= 0.6 is 11.6 Å². The number of nitrogens with zero attached hydrogens (tertiary/aromatic N) is 3. The molecule has 27 heavy (non-hydrogen) atoms. The van der Waals surface area contributed by atoms with Gasteiger partial charge < -0.3 is 4.90 Å². The fourth-order valence-electron chi connectivity index (χ4n) is 4.50. The summed E-state index contributed by atoms with van der Waals surface area (Å²) < 4.78 is 1.59. The molecular weight excluding hydrogens is 362 g/mol. The molecule has 5 nitrogen and oxygen atoms in total. The van der Waals surface area contributed by atoms with Gasteiger partial charge in [0.15, 0.2) is 5.69 Å². The highest BCUT2D eigenvalue weighted by Crippen LogP contribution is 2.36. The van der Waals surface area contributed by atoms with Crippen LogP contribution in [0.3, 0.4) is 0 Å². The normalized spacial score (nSPS) is 22.4. The molecule has 1 aliphatic carbocycles. The van der Waals surface area contributed by atoms with Crippen LogP contribution in [0.25, 0.3) is 5.69 Å². The molecule has 1 aliphatic heterocycles. The number of para-hydroxylation sites is 1. The number of aryl methyl sites for hydroxylation is 1. The van der Waals surface area contributed by atoms with Gasteiger partial charge in [-0.05, 0) is 43.7 Å². The summed E-state index contributed by atoms with van der Waals surface area (Å²) in [6.45, 7) is 3.24. The van der Waals surface area contributed by atoms with Crippen molar-refractivity contribution < 1.29 is 4.79 Å². The average molecular weight is 386 g/mol. The Morgan fingerprint density at radius 1 is 1.15 bits per heavy atom. The van der Waals surface area contributed by atoms with E-state index in [1.54, 1.807) is 17.7 Å². The van der Waals surface area contributed by atoms with Gasteiger partial charge in [0.2, 0.25) is 5.43 Å². The SMILES string of the molecule is Cc1cc(=O)c(C(=O)N2CC[C@@H]3CCCC[C@H]3C2)nn1-c1ccccc1Cl. The molecule has 0 radical (unpaired) electrons. The minimum absolute atomic E-state index is 0.0187. The van der Waals surface area contributed by atoms with E-state index < -0.39 is 0 Å².